The maximum atomic E-state index is 6.09. The summed E-state index contributed by atoms with van der Waals surface area (Å²) in [5, 5.41) is 4.59. The fourth-order valence-corrected chi connectivity index (χ4v) is 3.03. The average molecular weight is 357 g/mol. The van der Waals surface area contributed by atoms with Gasteiger partial charge in [-0.3, -0.25) is 0 Å². The maximum Gasteiger partial charge on any atom is 0.148 e. The molecule has 2 aromatic rings. The fourth-order valence-electron chi connectivity index (χ4n) is 2.10. The van der Waals surface area contributed by atoms with Crippen molar-refractivity contribution in [1.82, 2.24) is 5.16 Å². The molecular formula is C14H11BrClNOS. The van der Waals surface area contributed by atoms with Crippen LogP contribution in [0.4, 0.5) is 0 Å². The van der Waals surface area contributed by atoms with Gasteiger partial charge in [0.1, 0.15) is 5.76 Å². The van der Waals surface area contributed by atoms with Crippen LogP contribution in [-0.2, 0) is 0 Å². The Morgan fingerprint density at radius 3 is 2.84 bits per heavy atom. The molecule has 0 radical (unpaired) electrons. The van der Waals surface area contributed by atoms with Gasteiger partial charge in [-0.25, -0.2) is 0 Å². The summed E-state index contributed by atoms with van der Waals surface area (Å²) in [6.45, 7) is 2.00. The van der Waals surface area contributed by atoms with E-state index in [9.17, 15) is 0 Å². The van der Waals surface area contributed by atoms with Crippen LogP contribution < -0.4 is 0 Å². The zero-order chi connectivity index (χ0) is 13.6. The van der Waals surface area contributed by atoms with Gasteiger partial charge in [-0.05, 0) is 52.9 Å². The molecule has 1 aromatic heterocycles. The highest BCUT2D eigenvalue weighted by Gasteiger charge is 2.31. The van der Waals surface area contributed by atoms with Gasteiger partial charge in [-0.1, -0.05) is 35.0 Å². The average Bonchev–Trinajstić information content (AvgIpc) is 3.13. The van der Waals surface area contributed by atoms with E-state index < -0.39 is 0 Å². The summed E-state index contributed by atoms with van der Waals surface area (Å²) >= 11 is 15.2. The number of nitrogens with zero attached hydrogens (tertiary/aromatic N) is 1. The van der Waals surface area contributed by atoms with Gasteiger partial charge in [-0.2, -0.15) is 0 Å². The molecule has 0 atom stereocenters. The van der Waals surface area contributed by atoms with Crippen LogP contribution >= 0.6 is 39.7 Å². The van der Waals surface area contributed by atoms with Crippen LogP contribution in [0.2, 0.25) is 5.02 Å². The summed E-state index contributed by atoms with van der Waals surface area (Å²) in [6.07, 6.45) is 4.04. The lowest BCUT2D eigenvalue weighted by Gasteiger charge is -2.10. The molecule has 3 rings (SSSR count). The Balaban J connectivity index is 2.04. The van der Waals surface area contributed by atoms with Crippen molar-refractivity contribution < 1.29 is 4.52 Å². The summed E-state index contributed by atoms with van der Waals surface area (Å²) in [5.41, 5.74) is 2.98. The van der Waals surface area contributed by atoms with Crippen LogP contribution in [0.3, 0.4) is 0 Å². The van der Waals surface area contributed by atoms with Crippen molar-refractivity contribution >= 4 is 44.6 Å². The Kier molecular flexibility index (Phi) is 3.50. The number of halogens is 2. The Labute approximate surface area is 130 Å². The normalized spacial score (nSPS) is 14.7. The first-order valence-corrected chi connectivity index (χ1v) is 7.61. The predicted molar refractivity (Wildman–Crippen MR) is 83.2 cm³/mol. The van der Waals surface area contributed by atoms with E-state index in [1.165, 1.54) is 0 Å². The van der Waals surface area contributed by atoms with Gasteiger partial charge in [0, 0.05) is 10.4 Å². The van der Waals surface area contributed by atoms with Crippen LogP contribution in [0.25, 0.3) is 0 Å². The summed E-state index contributed by atoms with van der Waals surface area (Å²) in [4.78, 5) is 0.776. The third-order valence-corrected chi connectivity index (χ3v) is 5.38. The molecule has 1 aromatic carbocycles. The first-order chi connectivity index (χ1) is 9.09. The van der Waals surface area contributed by atoms with Gasteiger partial charge in [0.25, 0.3) is 0 Å². The molecule has 98 valence electrons. The Bertz CT molecular complexity index is 663. The minimum absolute atomic E-state index is 0.492. The van der Waals surface area contributed by atoms with Crippen molar-refractivity contribution in [1.29, 1.82) is 0 Å². The number of aromatic nitrogens is 1. The quantitative estimate of drug-likeness (QED) is 0.569. The molecule has 0 aliphatic heterocycles. The number of rotatable bonds is 3. The highest BCUT2D eigenvalue weighted by molar-refractivity contribution is 9.10. The zero-order valence-electron chi connectivity index (χ0n) is 10.2. The second-order valence-electron chi connectivity index (χ2n) is 4.74. The zero-order valence-corrected chi connectivity index (χ0v) is 13.4. The molecule has 1 saturated carbocycles. The predicted octanol–water partition coefficient (Wildman–Crippen LogP) is 5.04. The molecule has 0 amide bonds. The monoisotopic (exact) mass is 355 g/mol. The van der Waals surface area contributed by atoms with Crippen molar-refractivity contribution in [2.45, 2.75) is 25.7 Å². The highest BCUT2D eigenvalue weighted by Crippen LogP contribution is 2.42. The van der Waals surface area contributed by atoms with Gasteiger partial charge in [0.05, 0.1) is 21.6 Å². The van der Waals surface area contributed by atoms with E-state index >= 15 is 0 Å². The van der Waals surface area contributed by atoms with Crippen LogP contribution in [0.15, 0.2) is 27.3 Å². The molecule has 1 heterocycles. The molecule has 19 heavy (non-hydrogen) atoms. The number of thiocarbonyl (C=S) groups is 1. The molecule has 1 aliphatic rings. The van der Waals surface area contributed by atoms with Crippen molar-refractivity contribution in [2.75, 3.05) is 0 Å². The molecule has 0 bridgehead atoms. The minimum Gasteiger partial charge on any atom is -0.360 e. The van der Waals surface area contributed by atoms with Crippen LogP contribution in [0.5, 0.6) is 0 Å². The second kappa shape index (κ2) is 5.00. The summed E-state index contributed by atoms with van der Waals surface area (Å²) in [5.74, 6) is 1.42. The van der Waals surface area contributed by atoms with Gasteiger partial charge >= 0.3 is 0 Å². The molecule has 0 N–H and O–H groups in total. The molecular weight excluding hydrogens is 346 g/mol. The first-order valence-electron chi connectivity index (χ1n) is 6.03. The van der Waals surface area contributed by atoms with Crippen LogP contribution in [0.1, 0.15) is 41.2 Å². The van der Waals surface area contributed by atoms with E-state index in [4.69, 9.17) is 28.3 Å². The van der Waals surface area contributed by atoms with E-state index in [1.54, 1.807) is 6.20 Å². The lowest BCUT2D eigenvalue weighted by molar-refractivity contribution is 0.384. The van der Waals surface area contributed by atoms with Gasteiger partial charge < -0.3 is 4.52 Å². The lowest BCUT2D eigenvalue weighted by Crippen LogP contribution is -2.04. The molecule has 0 unspecified atom stereocenters. The van der Waals surface area contributed by atoms with Gasteiger partial charge in [0.2, 0.25) is 0 Å². The van der Waals surface area contributed by atoms with E-state index in [1.807, 2.05) is 19.1 Å². The number of benzene rings is 1. The molecule has 0 saturated heterocycles. The molecule has 1 aliphatic carbocycles. The van der Waals surface area contributed by atoms with Crippen molar-refractivity contribution in [3.05, 3.63) is 50.3 Å². The van der Waals surface area contributed by atoms with Crippen LogP contribution in [0, 0.1) is 6.92 Å². The van der Waals surface area contributed by atoms with Crippen LogP contribution in [-0.4, -0.2) is 10.0 Å². The van der Waals surface area contributed by atoms with Gasteiger partial charge in [-0.15, -0.1) is 0 Å². The molecule has 5 heteroatoms. The SMILES string of the molecule is Cc1c(C(=S)c2cnoc2C2CC2)ccc(Cl)c1Br. The van der Waals surface area contributed by atoms with Crippen molar-refractivity contribution in [3.8, 4) is 0 Å². The highest BCUT2D eigenvalue weighted by atomic mass is 79.9. The van der Waals surface area contributed by atoms with E-state index in [0.29, 0.717) is 10.9 Å². The van der Waals surface area contributed by atoms with E-state index in [2.05, 4.69) is 21.1 Å². The first kappa shape index (κ1) is 13.3. The largest absolute Gasteiger partial charge is 0.360 e. The summed E-state index contributed by atoms with van der Waals surface area (Å²) in [7, 11) is 0. The van der Waals surface area contributed by atoms with E-state index in [0.717, 1.165) is 44.6 Å². The Morgan fingerprint density at radius 1 is 1.42 bits per heavy atom. The molecule has 1 fully saturated rings. The molecule has 2 nitrogen and oxygen atoms in total. The standard InChI is InChI=1S/C14H11BrClNOS/c1-7-9(4-5-11(16)12(7)15)14(19)10-6-17-18-13(10)8-2-3-8/h4-6,8H,2-3H2,1H3. The summed E-state index contributed by atoms with van der Waals surface area (Å²) < 4.78 is 6.24. The Morgan fingerprint density at radius 2 is 2.16 bits per heavy atom. The smallest absolute Gasteiger partial charge is 0.148 e. The fraction of sp³-hybridized carbons (Fsp3) is 0.286. The number of hydrogen-bond donors (Lipinski definition) is 0. The minimum atomic E-state index is 0.492. The maximum absolute atomic E-state index is 6.09. The van der Waals surface area contributed by atoms with Gasteiger partial charge in [0.15, 0.2) is 0 Å². The third kappa shape index (κ3) is 2.37. The Hall–Kier alpha value is -0.710. The van der Waals surface area contributed by atoms with Crippen molar-refractivity contribution in [2.24, 2.45) is 0 Å². The van der Waals surface area contributed by atoms with E-state index in [-0.39, 0.29) is 0 Å². The summed E-state index contributed by atoms with van der Waals surface area (Å²) in [6, 6.07) is 3.80. The van der Waals surface area contributed by atoms with Crippen molar-refractivity contribution in [3.63, 3.8) is 0 Å². The third-order valence-electron chi connectivity index (χ3n) is 3.37. The molecule has 0 spiro atoms. The second-order valence-corrected chi connectivity index (χ2v) is 6.35. The lowest BCUT2D eigenvalue weighted by atomic mass is 10.00. The number of hydrogen-bond acceptors (Lipinski definition) is 3. The topological polar surface area (TPSA) is 26.0 Å².